The maximum Gasteiger partial charge on any atom is 0.246 e. The third-order valence-corrected chi connectivity index (χ3v) is 7.77. The highest BCUT2D eigenvalue weighted by Gasteiger charge is 2.33. The van der Waals surface area contributed by atoms with Crippen molar-refractivity contribution >= 4 is 49.9 Å². The first-order chi connectivity index (χ1) is 16.3. The lowest BCUT2D eigenvalue weighted by Gasteiger charge is -2.44. The number of aromatic nitrogens is 1. The van der Waals surface area contributed by atoms with Crippen molar-refractivity contribution in [1.82, 2.24) is 14.8 Å². The second-order valence-electron chi connectivity index (χ2n) is 8.48. The van der Waals surface area contributed by atoms with E-state index in [0.29, 0.717) is 57.9 Å². The molecule has 2 aliphatic heterocycles. The molecule has 2 aliphatic rings. The molecule has 1 amide bonds. The summed E-state index contributed by atoms with van der Waals surface area (Å²) in [6.45, 7) is 12.2. The van der Waals surface area contributed by atoms with Crippen LogP contribution in [-0.2, 0) is 4.79 Å². The van der Waals surface area contributed by atoms with E-state index >= 15 is 0 Å². The summed E-state index contributed by atoms with van der Waals surface area (Å²) in [5, 5.41) is 0.796. The minimum Gasteiger partial charge on any atom is -0.493 e. The van der Waals surface area contributed by atoms with E-state index in [4.69, 9.17) is 22.1 Å². The van der Waals surface area contributed by atoms with Crippen LogP contribution in [0.4, 0.5) is 9.52 Å². The molecule has 3 heterocycles. The quantitative estimate of drug-likeness (QED) is 0.498. The molecule has 6 nitrogen and oxygen atoms in total. The number of ether oxygens (including phenoxy) is 1. The van der Waals surface area contributed by atoms with Gasteiger partial charge in [-0.05, 0) is 31.2 Å². The first-order valence-corrected chi connectivity index (χ1v) is 12.2. The number of thiazole rings is 1. The first kappa shape index (κ1) is 22.7. The summed E-state index contributed by atoms with van der Waals surface area (Å²) in [4.78, 5) is 20.5. The summed E-state index contributed by atoms with van der Waals surface area (Å²) in [5.74, 6) is 0.274. The van der Waals surface area contributed by atoms with Crippen molar-refractivity contribution < 1.29 is 13.9 Å². The van der Waals surface area contributed by atoms with Gasteiger partial charge in [-0.1, -0.05) is 36.1 Å². The van der Waals surface area contributed by atoms with E-state index in [9.17, 15) is 9.18 Å². The van der Waals surface area contributed by atoms with E-state index in [2.05, 4.69) is 23.0 Å². The number of anilines is 1. The fraction of sp³-hybridized carbons (Fsp3) is 0.280. The number of nitrogens with two attached hydrogens (primary N) is 1. The Hall–Kier alpha value is -3.10. The van der Waals surface area contributed by atoms with Gasteiger partial charge in [-0.15, -0.1) is 0 Å². The first-order valence-electron chi connectivity index (χ1n) is 11.0. The van der Waals surface area contributed by atoms with Gasteiger partial charge in [-0.25, -0.2) is 9.37 Å². The molecule has 9 heteroatoms. The molecule has 1 fully saturated rings. The molecule has 5 rings (SSSR count). The number of nitrogen functional groups attached to an aromatic ring is 1. The number of hydrogen-bond acceptors (Lipinski definition) is 6. The Kier molecular flexibility index (Phi) is 5.73. The molecule has 0 bridgehead atoms. The second kappa shape index (κ2) is 8.60. The van der Waals surface area contributed by atoms with Crippen LogP contribution in [0, 0.1) is 12.7 Å². The van der Waals surface area contributed by atoms with Crippen LogP contribution >= 0.6 is 22.9 Å². The molecule has 1 atom stereocenters. The number of amides is 1. The van der Waals surface area contributed by atoms with Gasteiger partial charge in [-0.3, -0.25) is 4.79 Å². The minimum absolute atomic E-state index is 0.0644. The van der Waals surface area contributed by atoms with Crippen molar-refractivity contribution in [2.75, 3.05) is 32.0 Å². The smallest absolute Gasteiger partial charge is 0.246 e. The summed E-state index contributed by atoms with van der Waals surface area (Å²) < 4.78 is 21.1. The summed E-state index contributed by atoms with van der Waals surface area (Å²) in [6.07, 6.45) is 2.09. The zero-order valence-corrected chi connectivity index (χ0v) is 20.3. The molecule has 1 aromatic heterocycles. The number of carbonyl (C=O) groups excluding carboxylic acids is 1. The van der Waals surface area contributed by atoms with Crippen LogP contribution in [0.15, 0.2) is 37.4 Å². The molecule has 0 spiro atoms. The third kappa shape index (κ3) is 3.61. The van der Waals surface area contributed by atoms with E-state index < -0.39 is 0 Å². The Morgan fingerprint density at radius 1 is 1.38 bits per heavy atom. The van der Waals surface area contributed by atoms with Crippen LogP contribution in [0.3, 0.4) is 0 Å². The SMILES string of the molecule is C=CC(=O)N1CCN2C(=C)c3cc(Cl)c(-c4ccc(F)c5sc(N)nc45)c(C)c3OCC[C@H]2C1. The topological polar surface area (TPSA) is 71.7 Å². The molecule has 176 valence electrons. The zero-order valence-electron chi connectivity index (χ0n) is 18.7. The monoisotopic (exact) mass is 498 g/mol. The maximum atomic E-state index is 14.4. The molecular formula is C25H24ClFN4O2S. The Bertz CT molecular complexity index is 1350. The van der Waals surface area contributed by atoms with Gasteiger partial charge < -0.3 is 20.3 Å². The second-order valence-corrected chi connectivity index (χ2v) is 9.92. The van der Waals surface area contributed by atoms with Crippen LogP contribution < -0.4 is 10.5 Å². The lowest BCUT2D eigenvalue weighted by atomic mass is 9.93. The van der Waals surface area contributed by atoms with Gasteiger partial charge in [0.2, 0.25) is 5.91 Å². The molecule has 2 aromatic carbocycles. The van der Waals surface area contributed by atoms with Gasteiger partial charge in [0, 0.05) is 65.1 Å². The highest BCUT2D eigenvalue weighted by Crippen LogP contribution is 2.46. The van der Waals surface area contributed by atoms with Crippen LogP contribution in [-0.4, -0.2) is 53.0 Å². The maximum absolute atomic E-state index is 14.4. The number of benzene rings is 2. The average molecular weight is 499 g/mol. The molecule has 0 saturated carbocycles. The van der Waals surface area contributed by atoms with Gasteiger partial charge in [0.25, 0.3) is 0 Å². The molecule has 3 aromatic rings. The van der Waals surface area contributed by atoms with Crippen LogP contribution in [0.2, 0.25) is 5.02 Å². The number of nitrogens with zero attached hydrogens (tertiary/aromatic N) is 3. The Morgan fingerprint density at radius 2 is 2.18 bits per heavy atom. The predicted molar refractivity (Wildman–Crippen MR) is 136 cm³/mol. The predicted octanol–water partition coefficient (Wildman–Crippen LogP) is 5.10. The van der Waals surface area contributed by atoms with Gasteiger partial charge >= 0.3 is 0 Å². The van der Waals surface area contributed by atoms with E-state index in [0.717, 1.165) is 40.1 Å². The summed E-state index contributed by atoms with van der Waals surface area (Å²) in [7, 11) is 0. The molecule has 2 N–H and O–H groups in total. The number of hydrogen-bond donors (Lipinski definition) is 1. The normalized spacial score (nSPS) is 18.1. The van der Waals surface area contributed by atoms with Crippen LogP contribution in [0.5, 0.6) is 5.75 Å². The van der Waals surface area contributed by atoms with Crippen molar-refractivity contribution in [1.29, 1.82) is 0 Å². The Balaban J connectivity index is 1.58. The lowest BCUT2D eigenvalue weighted by molar-refractivity contribution is -0.128. The van der Waals surface area contributed by atoms with Crippen molar-refractivity contribution in [3.05, 3.63) is 59.4 Å². The third-order valence-electron chi connectivity index (χ3n) is 6.58. The largest absolute Gasteiger partial charge is 0.493 e. The standard InChI is InChI=1S/C25H24ClFN4O2S/c1-4-20(32)30-8-9-31-14(3)17-11-18(26)21(13(2)23(17)33-10-7-15(31)12-30)16-5-6-19(27)24-22(16)29-25(28)34-24/h4-6,11,15H,1,3,7-10,12H2,2H3,(H2,28,29)/t15-/m0/s1. The van der Waals surface area contributed by atoms with Crippen molar-refractivity contribution in [2.24, 2.45) is 0 Å². The minimum atomic E-state index is -0.363. The van der Waals surface area contributed by atoms with E-state index in [-0.39, 0.29) is 17.8 Å². The number of piperazine rings is 1. The van der Waals surface area contributed by atoms with Crippen molar-refractivity contribution in [2.45, 2.75) is 19.4 Å². The fourth-order valence-corrected chi connectivity index (χ4v) is 6.04. The number of rotatable bonds is 2. The van der Waals surface area contributed by atoms with Crippen LogP contribution in [0.1, 0.15) is 17.5 Å². The van der Waals surface area contributed by atoms with Gasteiger partial charge in [0.15, 0.2) is 5.13 Å². The summed E-state index contributed by atoms with van der Waals surface area (Å²) in [6, 6.07) is 5.04. The van der Waals surface area contributed by atoms with Gasteiger partial charge in [0.05, 0.1) is 16.8 Å². The molecular weight excluding hydrogens is 475 g/mol. The number of halogens is 2. The zero-order chi connectivity index (χ0) is 24.1. The summed E-state index contributed by atoms with van der Waals surface area (Å²) in [5.41, 5.74) is 10.3. The molecule has 34 heavy (non-hydrogen) atoms. The molecule has 0 radical (unpaired) electrons. The fourth-order valence-electron chi connectivity index (χ4n) is 4.92. The summed E-state index contributed by atoms with van der Waals surface area (Å²) >= 11 is 7.95. The Morgan fingerprint density at radius 3 is 2.94 bits per heavy atom. The van der Waals surface area contributed by atoms with E-state index in [1.807, 2.05) is 17.9 Å². The van der Waals surface area contributed by atoms with Crippen LogP contribution in [0.25, 0.3) is 27.0 Å². The van der Waals surface area contributed by atoms with E-state index in [1.54, 1.807) is 6.07 Å². The molecule has 0 aliphatic carbocycles. The molecule has 0 unspecified atom stereocenters. The molecule has 1 saturated heterocycles. The van der Waals surface area contributed by atoms with Gasteiger partial charge in [-0.2, -0.15) is 0 Å². The lowest BCUT2D eigenvalue weighted by Crippen LogP contribution is -2.54. The van der Waals surface area contributed by atoms with Gasteiger partial charge in [0.1, 0.15) is 11.6 Å². The van der Waals surface area contributed by atoms with Crippen molar-refractivity contribution in [3.8, 4) is 16.9 Å². The Labute approximate surface area is 206 Å². The highest BCUT2D eigenvalue weighted by molar-refractivity contribution is 7.22. The van der Waals surface area contributed by atoms with Crippen molar-refractivity contribution in [3.63, 3.8) is 0 Å². The number of carbonyl (C=O) groups is 1. The average Bonchev–Trinajstić information content (AvgIpc) is 3.22. The highest BCUT2D eigenvalue weighted by atomic mass is 35.5. The number of fused-ring (bicyclic) bond motifs is 3. The van der Waals surface area contributed by atoms with E-state index in [1.165, 1.54) is 12.1 Å².